The number of ether oxygens (including phenoxy) is 3. The first-order valence-corrected chi connectivity index (χ1v) is 9.75. The van der Waals surface area contributed by atoms with Crippen LogP contribution in [0.2, 0.25) is 0 Å². The molecule has 1 rings (SSSR count). The van der Waals surface area contributed by atoms with Gasteiger partial charge >= 0.3 is 11.9 Å². The van der Waals surface area contributed by atoms with E-state index in [0.717, 1.165) is 31.8 Å². The first-order valence-electron chi connectivity index (χ1n) is 9.75. The van der Waals surface area contributed by atoms with Gasteiger partial charge in [0, 0.05) is 6.08 Å². The van der Waals surface area contributed by atoms with E-state index in [9.17, 15) is 9.59 Å². The van der Waals surface area contributed by atoms with Gasteiger partial charge in [-0.1, -0.05) is 20.4 Å². The Morgan fingerprint density at radius 2 is 1.64 bits per heavy atom. The van der Waals surface area contributed by atoms with E-state index < -0.39 is 5.97 Å². The molecular formula is C22H34O6. The second-order valence-corrected chi connectivity index (χ2v) is 6.33. The molecule has 1 aromatic rings. The summed E-state index contributed by atoms with van der Waals surface area (Å²) in [6.07, 6.45) is 4.07. The van der Waals surface area contributed by atoms with Crippen molar-refractivity contribution in [1.82, 2.24) is 0 Å². The Kier molecular flexibility index (Phi) is 14.4. The third-order valence-electron chi connectivity index (χ3n) is 3.78. The fourth-order valence-electron chi connectivity index (χ4n) is 1.65. The van der Waals surface area contributed by atoms with Crippen molar-refractivity contribution < 1.29 is 28.9 Å². The summed E-state index contributed by atoms with van der Waals surface area (Å²) in [4.78, 5) is 22.7. The molecule has 1 N–H and O–H groups in total. The lowest BCUT2D eigenvalue weighted by Gasteiger charge is -2.11. The van der Waals surface area contributed by atoms with Crippen LogP contribution in [0.4, 0.5) is 0 Å². The molecule has 0 saturated carbocycles. The molecule has 0 amide bonds. The molecule has 6 heteroatoms. The van der Waals surface area contributed by atoms with Crippen molar-refractivity contribution in [3.8, 4) is 5.75 Å². The highest BCUT2D eigenvalue weighted by atomic mass is 16.5. The number of benzene rings is 1. The highest BCUT2D eigenvalue weighted by molar-refractivity contribution is 5.89. The van der Waals surface area contributed by atoms with Crippen molar-refractivity contribution in [2.45, 2.75) is 65.6 Å². The Labute approximate surface area is 168 Å². The topological polar surface area (TPSA) is 82.1 Å². The Morgan fingerprint density at radius 1 is 1.07 bits per heavy atom. The number of hydrogen-bond acceptors (Lipinski definition) is 6. The van der Waals surface area contributed by atoms with Crippen LogP contribution in [0.15, 0.2) is 36.9 Å². The lowest BCUT2D eigenvalue weighted by atomic mass is 10.2. The normalized spacial score (nSPS) is 12.0. The van der Waals surface area contributed by atoms with Gasteiger partial charge in [-0.15, -0.1) is 0 Å². The number of unbranched alkanes of at least 4 members (excludes halogenated alkanes) is 1. The fraction of sp³-hybridized carbons (Fsp3) is 0.545. The monoisotopic (exact) mass is 394 g/mol. The lowest BCUT2D eigenvalue weighted by Crippen LogP contribution is -2.13. The molecule has 0 aliphatic carbocycles. The second-order valence-electron chi connectivity index (χ2n) is 6.33. The molecule has 0 aliphatic rings. The number of carbonyl (C=O) groups excluding carboxylic acids is 2. The molecule has 0 spiro atoms. The highest BCUT2D eigenvalue weighted by Crippen LogP contribution is 2.14. The first kappa shape index (κ1) is 25.7. The summed E-state index contributed by atoms with van der Waals surface area (Å²) in [6.45, 7) is 11.8. The van der Waals surface area contributed by atoms with Crippen LogP contribution < -0.4 is 4.74 Å². The minimum Gasteiger partial charge on any atom is -0.494 e. The van der Waals surface area contributed by atoms with Crippen LogP contribution in [0.1, 0.15) is 63.7 Å². The van der Waals surface area contributed by atoms with E-state index >= 15 is 0 Å². The third kappa shape index (κ3) is 12.9. The van der Waals surface area contributed by atoms with Gasteiger partial charge in [0.25, 0.3) is 0 Å². The first-order chi connectivity index (χ1) is 13.3. The van der Waals surface area contributed by atoms with E-state index in [2.05, 4.69) is 6.58 Å². The summed E-state index contributed by atoms with van der Waals surface area (Å²) in [5.74, 6) is -0.0473. The van der Waals surface area contributed by atoms with Crippen LogP contribution in [0.3, 0.4) is 0 Å². The fourth-order valence-corrected chi connectivity index (χ4v) is 1.65. The highest BCUT2D eigenvalue weighted by Gasteiger charge is 2.10. The molecule has 158 valence electrons. The second kappa shape index (κ2) is 15.7. The Bertz CT molecular complexity index is 565. The van der Waals surface area contributed by atoms with E-state index in [0.29, 0.717) is 24.5 Å². The standard InChI is InChI=1S/C18H24O5.C4H10O/c1-4-14(3)23-18(20)15-8-10-16(11-9-15)21-12-6-7-13-22-17(19)5-2;1-3-4(2)5/h5,8-11,14H,2,4,6-7,12-13H2,1,3H3;4-5H,3H2,1-2H3. The number of carbonyl (C=O) groups is 2. The molecule has 1 aromatic carbocycles. The minimum atomic E-state index is -0.411. The van der Waals surface area contributed by atoms with Gasteiger partial charge in [-0.2, -0.15) is 0 Å². The summed E-state index contributed by atoms with van der Waals surface area (Å²) >= 11 is 0. The molecule has 6 nitrogen and oxygen atoms in total. The van der Waals surface area contributed by atoms with Crippen molar-refractivity contribution in [1.29, 1.82) is 0 Å². The van der Waals surface area contributed by atoms with E-state index in [4.69, 9.17) is 19.3 Å². The summed E-state index contributed by atoms with van der Waals surface area (Å²) in [5, 5.41) is 8.36. The van der Waals surface area contributed by atoms with Crippen molar-refractivity contribution in [2.75, 3.05) is 13.2 Å². The van der Waals surface area contributed by atoms with Crippen LogP contribution in [0, 0.1) is 0 Å². The average Bonchev–Trinajstić information content (AvgIpc) is 2.70. The van der Waals surface area contributed by atoms with Crippen LogP contribution in [0.5, 0.6) is 5.75 Å². The Hall–Kier alpha value is -2.34. The largest absolute Gasteiger partial charge is 0.494 e. The molecular weight excluding hydrogens is 360 g/mol. The molecule has 0 aliphatic heterocycles. The van der Waals surface area contributed by atoms with Crippen LogP contribution >= 0.6 is 0 Å². The number of aliphatic hydroxyl groups excluding tert-OH is 1. The van der Waals surface area contributed by atoms with Gasteiger partial charge in [0.15, 0.2) is 0 Å². The van der Waals surface area contributed by atoms with Gasteiger partial charge < -0.3 is 19.3 Å². The van der Waals surface area contributed by atoms with Crippen LogP contribution in [-0.4, -0.2) is 42.5 Å². The molecule has 0 heterocycles. The molecule has 0 radical (unpaired) electrons. The minimum absolute atomic E-state index is 0.0892. The molecule has 0 aromatic heterocycles. The number of rotatable bonds is 11. The van der Waals surface area contributed by atoms with Gasteiger partial charge in [-0.3, -0.25) is 0 Å². The zero-order valence-corrected chi connectivity index (χ0v) is 17.5. The average molecular weight is 395 g/mol. The third-order valence-corrected chi connectivity index (χ3v) is 3.78. The molecule has 28 heavy (non-hydrogen) atoms. The molecule has 0 fully saturated rings. The predicted molar refractivity (Wildman–Crippen MR) is 109 cm³/mol. The number of aliphatic hydroxyl groups is 1. The summed E-state index contributed by atoms with van der Waals surface area (Å²) in [5.41, 5.74) is 0.508. The maximum atomic E-state index is 11.8. The quantitative estimate of drug-likeness (QED) is 0.342. The van der Waals surface area contributed by atoms with Gasteiger partial charge in [-0.25, -0.2) is 9.59 Å². The summed E-state index contributed by atoms with van der Waals surface area (Å²) < 4.78 is 15.7. The van der Waals surface area contributed by atoms with E-state index in [-0.39, 0.29) is 18.2 Å². The predicted octanol–water partition coefficient (Wildman–Crippen LogP) is 4.31. The van der Waals surface area contributed by atoms with Crippen molar-refractivity contribution in [3.05, 3.63) is 42.5 Å². The van der Waals surface area contributed by atoms with E-state index in [1.54, 1.807) is 31.2 Å². The summed E-state index contributed by atoms with van der Waals surface area (Å²) in [6, 6.07) is 6.85. The van der Waals surface area contributed by atoms with Gasteiger partial charge in [-0.05, 0) is 63.8 Å². The molecule has 2 unspecified atom stereocenters. The van der Waals surface area contributed by atoms with Crippen molar-refractivity contribution >= 4 is 11.9 Å². The zero-order valence-electron chi connectivity index (χ0n) is 17.5. The number of esters is 2. The van der Waals surface area contributed by atoms with Gasteiger partial charge in [0.05, 0.1) is 31.0 Å². The zero-order chi connectivity index (χ0) is 21.4. The number of hydrogen-bond donors (Lipinski definition) is 1. The van der Waals surface area contributed by atoms with Crippen LogP contribution in [-0.2, 0) is 14.3 Å². The van der Waals surface area contributed by atoms with Gasteiger partial charge in [0.1, 0.15) is 5.75 Å². The van der Waals surface area contributed by atoms with Gasteiger partial charge in [0.2, 0.25) is 0 Å². The molecule has 2 atom stereocenters. The van der Waals surface area contributed by atoms with Crippen molar-refractivity contribution in [2.24, 2.45) is 0 Å². The lowest BCUT2D eigenvalue weighted by molar-refractivity contribution is -0.137. The maximum Gasteiger partial charge on any atom is 0.338 e. The molecule has 0 bridgehead atoms. The van der Waals surface area contributed by atoms with E-state index in [1.165, 1.54) is 0 Å². The van der Waals surface area contributed by atoms with Crippen molar-refractivity contribution in [3.63, 3.8) is 0 Å². The Balaban J connectivity index is 0.00000129. The Morgan fingerprint density at radius 3 is 2.14 bits per heavy atom. The van der Waals surface area contributed by atoms with Crippen LogP contribution in [0.25, 0.3) is 0 Å². The summed E-state index contributed by atoms with van der Waals surface area (Å²) in [7, 11) is 0. The smallest absolute Gasteiger partial charge is 0.338 e. The van der Waals surface area contributed by atoms with E-state index in [1.807, 2.05) is 20.8 Å². The maximum absolute atomic E-state index is 11.8. The SMILES string of the molecule is C=CC(=O)OCCCCOc1ccc(C(=O)OC(C)CC)cc1.CCC(C)O. The molecule has 0 saturated heterocycles.